The van der Waals surface area contributed by atoms with Crippen molar-refractivity contribution < 1.29 is 19.0 Å². The molecule has 0 aliphatic carbocycles. The highest BCUT2D eigenvalue weighted by molar-refractivity contribution is 6.09. The fraction of sp³-hybridized carbons (Fsp3) is 0.400. The number of hydrogen-bond acceptors (Lipinski definition) is 4. The highest BCUT2D eigenvalue weighted by Gasteiger charge is 2.02. The van der Waals surface area contributed by atoms with Gasteiger partial charge in [-0.25, -0.2) is 0 Å². The Hall–Kier alpha value is -1.83. The van der Waals surface area contributed by atoms with E-state index in [0.717, 1.165) is 0 Å². The Balaban J connectivity index is 2.46. The van der Waals surface area contributed by atoms with Gasteiger partial charge in [0.15, 0.2) is 6.29 Å². The minimum absolute atomic E-state index is 0.170. The quantitative estimate of drug-likeness (QED) is 0.341. The molecule has 0 N–H and O–H groups in total. The standard InChI is InChI=1S/C15H18O4/c1-4-18-12(2)19-11-5-6-15(16)13-7-9-14(17-3)10-8-13/h7-10,12H,4,11H2,1-3H3. The van der Waals surface area contributed by atoms with Crippen molar-refractivity contribution in [3.8, 4) is 17.6 Å². The molecule has 1 aromatic rings. The van der Waals surface area contributed by atoms with Gasteiger partial charge in [0.05, 0.1) is 7.11 Å². The van der Waals surface area contributed by atoms with Gasteiger partial charge >= 0.3 is 0 Å². The van der Waals surface area contributed by atoms with E-state index in [2.05, 4.69) is 11.8 Å². The Kier molecular flexibility index (Phi) is 6.65. The number of ether oxygens (including phenoxy) is 3. The number of methoxy groups -OCH3 is 1. The first-order valence-electron chi connectivity index (χ1n) is 6.07. The van der Waals surface area contributed by atoms with Gasteiger partial charge in [0.25, 0.3) is 0 Å². The van der Waals surface area contributed by atoms with E-state index < -0.39 is 0 Å². The average Bonchev–Trinajstić information content (AvgIpc) is 2.44. The van der Waals surface area contributed by atoms with Crippen LogP contribution in [0.5, 0.6) is 5.75 Å². The summed E-state index contributed by atoms with van der Waals surface area (Å²) in [5, 5.41) is 0. The van der Waals surface area contributed by atoms with E-state index in [1.165, 1.54) is 0 Å². The third-order valence-electron chi connectivity index (χ3n) is 2.35. The van der Waals surface area contributed by atoms with Gasteiger partial charge in [0, 0.05) is 12.2 Å². The molecule has 4 heteroatoms. The van der Waals surface area contributed by atoms with Crippen LogP contribution in [0.3, 0.4) is 0 Å². The third kappa shape index (κ3) is 5.56. The van der Waals surface area contributed by atoms with E-state index in [-0.39, 0.29) is 18.7 Å². The maximum atomic E-state index is 11.7. The van der Waals surface area contributed by atoms with Gasteiger partial charge in [-0.2, -0.15) is 0 Å². The molecule has 0 saturated carbocycles. The lowest BCUT2D eigenvalue weighted by molar-refractivity contribution is -0.117. The minimum Gasteiger partial charge on any atom is -0.497 e. The highest BCUT2D eigenvalue weighted by Crippen LogP contribution is 2.11. The van der Waals surface area contributed by atoms with Crippen molar-refractivity contribution in [2.45, 2.75) is 20.1 Å². The molecule has 4 nitrogen and oxygen atoms in total. The molecule has 1 atom stereocenters. The lowest BCUT2D eigenvalue weighted by Crippen LogP contribution is -2.12. The number of Topliss-reactive ketones (excluding diaryl/α,β-unsaturated/α-hetero) is 1. The number of benzene rings is 1. The zero-order chi connectivity index (χ0) is 14.1. The summed E-state index contributed by atoms with van der Waals surface area (Å²) in [7, 11) is 1.58. The Morgan fingerprint density at radius 2 is 1.95 bits per heavy atom. The van der Waals surface area contributed by atoms with Crippen LogP contribution in [0.2, 0.25) is 0 Å². The first-order chi connectivity index (χ1) is 9.17. The molecule has 0 aromatic heterocycles. The van der Waals surface area contributed by atoms with Crippen LogP contribution in [0.15, 0.2) is 24.3 Å². The number of hydrogen-bond donors (Lipinski definition) is 0. The van der Waals surface area contributed by atoms with Gasteiger partial charge in [-0.15, -0.1) is 0 Å². The third-order valence-corrected chi connectivity index (χ3v) is 2.35. The molecule has 0 saturated heterocycles. The first-order valence-corrected chi connectivity index (χ1v) is 6.07. The SMILES string of the molecule is CCOC(C)OCC#CC(=O)c1ccc(OC)cc1. The number of ketones is 1. The monoisotopic (exact) mass is 262 g/mol. The molecule has 102 valence electrons. The van der Waals surface area contributed by atoms with Gasteiger partial charge in [0.2, 0.25) is 5.78 Å². The van der Waals surface area contributed by atoms with Crippen molar-refractivity contribution in [2.24, 2.45) is 0 Å². The summed E-state index contributed by atoms with van der Waals surface area (Å²) in [6.45, 7) is 4.43. The molecule has 0 heterocycles. The summed E-state index contributed by atoms with van der Waals surface area (Å²) < 4.78 is 15.4. The fourth-order valence-corrected chi connectivity index (χ4v) is 1.37. The summed E-state index contributed by atoms with van der Waals surface area (Å²) >= 11 is 0. The van der Waals surface area contributed by atoms with Crippen LogP contribution in [0.25, 0.3) is 0 Å². The Morgan fingerprint density at radius 3 is 2.53 bits per heavy atom. The van der Waals surface area contributed by atoms with E-state index in [4.69, 9.17) is 14.2 Å². The molecule has 0 bridgehead atoms. The predicted octanol–water partition coefficient (Wildman–Crippen LogP) is 2.28. The maximum absolute atomic E-state index is 11.7. The zero-order valence-electron chi connectivity index (χ0n) is 11.4. The van der Waals surface area contributed by atoms with E-state index in [1.807, 2.05) is 6.92 Å². The molecule has 0 radical (unpaired) electrons. The highest BCUT2D eigenvalue weighted by atomic mass is 16.7. The lowest BCUT2D eigenvalue weighted by Gasteiger charge is -2.09. The first kappa shape index (κ1) is 15.2. The van der Waals surface area contributed by atoms with E-state index in [0.29, 0.717) is 17.9 Å². The van der Waals surface area contributed by atoms with Crippen LogP contribution in [0, 0.1) is 11.8 Å². The van der Waals surface area contributed by atoms with Crippen LogP contribution in [0.4, 0.5) is 0 Å². The normalized spacial score (nSPS) is 11.3. The van der Waals surface area contributed by atoms with Gasteiger partial charge < -0.3 is 14.2 Å². The van der Waals surface area contributed by atoms with Crippen molar-refractivity contribution in [3.05, 3.63) is 29.8 Å². The largest absolute Gasteiger partial charge is 0.497 e. The summed E-state index contributed by atoms with van der Waals surface area (Å²) in [5.74, 6) is 5.66. The molecule has 0 aliphatic rings. The molecular weight excluding hydrogens is 244 g/mol. The van der Waals surface area contributed by atoms with Gasteiger partial charge in [-0.3, -0.25) is 4.79 Å². The van der Waals surface area contributed by atoms with Crippen molar-refractivity contribution in [2.75, 3.05) is 20.3 Å². The Bertz CT molecular complexity index is 453. The number of carbonyl (C=O) groups is 1. The Morgan fingerprint density at radius 1 is 1.26 bits per heavy atom. The molecule has 0 fully saturated rings. The molecule has 1 unspecified atom stereocenters. The second kappa shape index (κ2) is 8.30. The topological polar surface area (TPSA) is 44.8 Å². The van der Waals surface area contributed by atoms with Crippen molar-refractivity contribution in [1.29, 1.82) is 0 Å². The Labute approximate surface area is 113 Å². The predicted molar refractivity (Wildman–Crippen MR) is 72.1 cm³/mol. The van der Waals surface area contributed by atoms with E-state index in [1.54, 1.807) is 38.3 Å². The summed E-state index contributed by atoms with van der Waals surface area (Å²) in [6, 6.07) is 6.81. The number of rotatable bonds is 6. The molecule has 0 aliphatic heterocycles. The van der Waals surface area contributed by atoms with Crippen LogP contribution < -0.4 is 4.74 Å². The van der Waals surface area contributed by atoms with Crippen LogP contribution in [0.1, 0.15) is 24.2 Å². The van der Waals surface area contributed by atoms with Gasteiger partial charge in [-0.1, -0.05) is 5.92 Å². The van der Waals surface area contributed by atoms with Crippen molar-refractivity contribution >= 4 is 5.78 Å². The zero-order valence-corrected chi connectivity index (χ0v) is 11.4. The van der Waals surface area contributed by atoms with Gasteiger partial charge in [0.1, 0.15) is 12.4 Å². The lowest BCUT2D eigenvalue weighted by atomic mass is 10.1. The molecule has 0 amide bonds. The van der Waals surface area contributed by atoms with E-state index in [9.17, 15) is 4.79 Å². The molecular formula is C15H18O4. The summed E-state index contributed by atoms with van der Waals surface area (Å²) in [4.78, 5) is 11.7. The second-order valence-corrected chi connectivity index (χ2v) is 3.69. The van der Waals surface area contributed by atoms with Crippen LogP contribution >= 0.6 is 0 Å². The van der Waals surface area contributed by atoms with Crippen LogP contribution in [-0.2, 0) is 9.47 Å². The van der Waals surface area contributed by atoms with Crippen molar-refractivity contribution in [1.82, 2.24) is 0 Å². The molecule has 1 rings (SSSR count). The summed E-state index contributed by atoms with van der Waals surface area (Å²) in [5.41, 5.74) is 0.533. The average molecular weight is 262 g/mol. The smallest absolute Gasteiger partial charge is 0.235 e. The summed E-state index contributed by atoms with van der Waals surface area (Å²) in [6.07, 6.45) is -0.310. The fourth-order valence-electron chi connectivity index (χ4n) is 1.37. The minimum atomic E-state index is -0.310. The van der Waals surface area contributed by atoms with Gasteiger partial charge in [-0.05, 0) is 44.0 Å². The molecule has 1 aromatic carbocycles. The van der Waals surface area contributed by atoms with Crippen molar-refractivity contribution in [3.63, 3.8) is 0 Å². The maximum Gasteiger partial charge on any atom is 0.235 e. The molecule has 0 spiro atoms. The number of carbonyl (C=O) groups excluding carboxylic acids is 1. The molecule has 19 heavy (non-hydrogen) atoms. The van der Waals surface area contributed by atoms with E-state index >= 15 is 0 Å². The second-order valence-electron chi connectivity index (χ2n) is 3.69. The van der Waals surface area contributed by atoms with Crippen LogP contribution in [-0.4, -0.2) is 32.4 Å².